The number of aliphatic hydroxyl groups excluding tert-OH is 2. The number of hydrogen-bond acceptors (Lipinski definition) is 5. The summed E-state index contributed by atoms with van der Waals surface area (Å²) in [6, 6.07) is 0. The van der Waals surface area contributed by atoms with Gasteiger partial charge >= 0.3 is 5.97 Å². The number of aliphatic carboxylic acids is 1. The molecule has 0 aliphatic carbocycles. The summed E-state index contributed by atoms with van der Waals surface area (Å²) in [4.78, 5) is 10.4. The largest absolute Gasteiger partial charge is 0.477 e. The normalized spacial score (nSPS) is 42.6. The molecule has 1 rings (SSSR count). The summed E-state index contributed by atoms with van der Waals surface area (Å²) < 4.78 is 4.41. The maximum Gasteiger partial charge on any atom is 0.367 e. The van der Waals surface area contributed by atoms with Gasteiger partial charge in [0.15, 0.2) is 0 Å². The topological polar surface area (TPSA) is 107 Å². The average molecular weight is 178 g/mol. The van der Waals surface area contributed by atoms with Crippen molar-refractivity contribution < 1.29 is 30.0 Å². The van der Waals surface area contributed by atoms with Crippen molar-refractivity contribution in [2.75, 3.05) is 6.61 Å². The smallest absolute Gasteiger partial charge is 0.367 e. The first-order valence-electron chi connectivity index (χ1n) is 3.42. The molecule has 3 atom stereocenters. The van der Waals surface area contributed by atoms with E-state index >= 15 is 0 Å². The Bertz CT molecular complexity index is 192. The SMILES string of the molecule is O=C(O)C1(O)OCC(O)CC1O. The molecule has 0 aromatic heterocycles. The van der Waals surface area contributed by atoms with Crippen molar-refractivity contribution in [3.63, 3.8) is 0 Å². The van der Waals surface area contributed by atoms with Gasteiger partial charge in [0.25, 0.3) is 5.79 Å². The Morgan fingerprint density at radius 2 is 2.08 bits per heavy atom. The van der Waals surface area contributed by atoms with Crippen LogP contribution in [0.15, 0.2) is 0 Å². The molecule has 0 spiro atoms. The molecule has 1 fully saturated rings. The van der Waals surface area contributed by atoms with Crippen LogP contribution in [-0.2, 0) is 9.53 Å². The fourth-order valence-electron chi connectivity index (χ4n) is 1.01. The zero-order valence-corrected chi connectivity index (χ0v) is 6.17. The summed E-state index contributed by atoms with van der Waals surface area (Å²) in [6.45, 7) is -0.292. The molecule has 3 unspecified atom stereocenters. The van der Waals surface area contributed by atoms with Crippen LogP contribution in [0.5, 0.6) is 0 Å². The minimum Gasteiger partial charge on any atom is -0.477 e. The molecule has 0 bridgehead atoms. The molecule has 6 nitrogen and oxygen atoms in total. The Morgan fingerprint density at radius 3 is 2.50 bits per heavy atom. The predicted octanol–water partition coefficient (Wildman–Crippen LogP) is -2.10. The van der Waals surface area contributed by atoms with E-state index in [1.54, 1.807) is 0 Å². The van der Waals surface area contributed by atoms with Gasteiger partial charge in [-0.15, -0.1) is 0 Å². The van der Waals surface area contributed by atoms with Gasteiger partial charge in [0.05, 0.1) is 12.7 Å². The molecule has 1 saturated heterocycles. The highest BCUT2D eigenvalue weighted by Gasteiger charge is 2.49. The molecule has 12 heavy (non-hydrogen) atoms. The highest BCUT2D eigenvalue weighted by Crippen LogP contribution is 2.23. The van der Waals surface area contributed by atoms with Gasteiger partial charge in [-0.05, 0) is 0 Å². The zero-order chi connectivity index (χ0) is 9.35. The van der Waals surface area contributed by atoms with Crippen LogP contribution in [0, 0.1) is 0 Å². The molecule has 0 aromatic rings. The number of carboxylic acids is 1. The Labute approximate surface area is 68.0 Å². The van der Waals surface area contributed by atoms with Crippen LogP contribution in [0.2, 0.25) is 0 Å². The Balaban J connectivity index is 2.72. The van der Waals surface area contributed by atoms with Crippen LogP contribution >= 0.6 is 0 Å². The van der Waals surface area contributed by atoms with E-state index in [0.717, 1.165) is 0 Å². The molecule has 1 heterocycles. The Kier molecular flexibility index (Phi) is 2.34. The summed E-state index contributed by atoms with van der Waals surface area (Å²) in [6.07, 6.45) is -2.73. The minimum absolute atomic E-state index is 0.206. The van der Waals surface area contributed by atoms with Crippen LogP contribution < -0.4 is 0 Å². The van der Waals surface area contributed by atoms with Crippen LogP contribution in [0.4, 0.5) is 0 Å². The zero-order valence-electron chi connectivity index (χ0n) is 6.17. The van der Waals surface area contributed by atoms with Crippen LogP contribution in [-0.4, -0.2) is 51.0 Å². The first kappa shape index (κ1) is 9.40. The molecule has 0 radical (unpaired) electrons. The number of carbonyl (C=O) groups is 1. The lowest BCUT2D eigenvalue weighted by molar-refractivity contribution is -0.286. The number of ether oxygens (including phenoxy) is 1. The van der Waals surface area contributed by atoms with Crippen molar-refractivity contribution in [1.82, 2.24) is 0 Å². The molecule has 1 aliphatic rings. The van der Waals surface area contributed by atoms with E-state index in [9.17, 15) is 4.79 Å². The number of rotatable bonds is 1. The summed E-state index contributed by atoms with van der Waals surface area (Å²) in [7, 11) is 0. The third-order valence-electron chi connectivity index (χ3n) is 1.75. The van der Waals surface area contributed by atoms with E-state index < -0.39 is 24.0 Å². The fraction of sp³-hybridized carbons (Fsp3) is 0.833. The molecule has 70 valence electrons. The molecule has 4 N–H and O–H groups in total. The van der Waals surface area contributed by atoms with Gasteiger partial charge in [-0.2, -0.15) is 0 Å². The van der Waals surface area contributed by atoms with Gasteiger partial charge in [0.2, 0.25) is 0 Å². The van der Waals surface area contributed by atoms with Crippen LogP contribution in [0.3, 0.4) is 0 Å². The van der Waals surface area contributed by atoms with Gasteiger partial charge in [-0.25, -0.2) is 4.79 Å². The monoisotopic (exact) mass is 178 g/mol. The number of hydrogen-bond donors (Lipinski definition) is 4. The van der Waals surface area contributed by atoms with E-state index in [4.69, 9.17) is 20.4 Å². The first-order valence-corrected chi connectivity index (χ1v) is 3.42. The molecular formula is C6H10O6. The second-order valence-electron chi connectivity index (χ2n) is 2.72. The lowest BCUT2D eigenvalue weighted by Gasteiger charge is -2.34. The second kappa shape index (κ2) is 2.98. The summed E-state index contributed by atoms with van der Waals surface area (Å²) in [5, 5.41) is 35.5. The first-order chi connectivity index (χ1) is 5.47. The van der Waals surface area contributed by atoms with E-state index in [1.807, 2.05) is 0 Å². The highest BCUT2D eigenvalue weighted by atomic mass is 16.7. The predicted molar refractivity (Wildman–Crippen MR) is 35.2 cm³/mol. The average Bonchev–Trinajstić information content (AvgIpc) is 1.97. The van der Waals surface area contributed by atoms with Crippen molar-refractivity contribution >= 4 is 5.97 Å². The van der Waals surface area contributed by atoms with Crippen LogP contribution in [0.25, 0.3) is 0 Å². The van der Waals surface area contributed by atoms with Crippen molar-refractivity contribution in [1.29, 1.82) is 0 Å². The van der Waals surface area contributed by atoms with Crippen molar-refractivity contribution in [2.24, 2.45) is 0 Å². The van der Waals surface area contributed by atoms with E-state index in [2.05, 4.69) is 4.74 Å². The van der Waals surface area contributed by atoms with Crippen molar-refractivity contribution in [3.8, 4) is 0 Å². The molecular weight excluding hydrogens is 168 g/mol. The Morgan fingerprint density at radius 1 is 1.50 bits per heavy atom. The summed E-state index contributed by atoms with van der Waals surface area (Å²) in [5.41, 5.74) is 0. The number of aliphatic hydroxyl groups is 3. The van der Waals surface area contributed by atoms with Gasteiger partial charge < -0.3 is 25.2 Å². The summed E-state index contributed by atoms with van der Waals surface area (Å²) >= 11 is 0. The van der Waals surface area contributed by atoms with Crippen LogP contribution in [0.1, 0.15) is 6.42 Å². The maximum atomic E-state index is 10.4. The second-order valence-corrected chi connectivity index (χ2v) is 2.72. The lowest BCUT2D eigenvalue weighted by atomic mass is 10.0. The van der Waals surface area contributed by atoms with Crippen molar-refractivity contribution in [2.45, 2.75) is 24.4 Å². The van der Waals surface area contributed by atoms with E-state index in [-0.39, 0.29) is 13.0 Å². The highest BCUT2D eigenvalue weighted by molar-refractivity contribution is 5.76. The van der Waals surface area contributed by atoms with Gasteiger partial charge in [-0.1, -0.05) is 0 Å². The quantitative estimate of drug-likeness (QED) is 0.366. The Hall–Kier alpha value is -0.690. The molecule has 1 aliphatic heterocycles. The van der Waals surface area contributed by atoms with E-state index in [0.29, 0.717) is 0 Å². The van der Waals surface area contributed by atoms with Gasteiger partial charge in [0.1, 0.15) is 6.10 Å². The maximum absolute atomic E-state index is 10.4. The summed E-state index contributed by atoms with van der Waals surface area (Å²) in [5.74, 6) is -4.22. The minimum atomic E-state index is -2.57. The third-order valence-corrected chi connectivity index (χ3v) is 1.75. The van der Waals surface area contributed by atoms with E-state index in [1.165, 1.54) is 0 Å². The van der Waals surface area contributed by atoms with Crippen molar-refractivity contribution in [3.05, 3.63) is 0 Å². The molecule has 0 amide bonds. The van der Waals surface area contributed by atoms with Gasteiger partial charge in [-0.3, -0.25) is 0 Å². The third kappa shape index (κ3) is 1.42. The lowest BCUT2D eigenvalue weighted by Crippen LogP contribution is -2.57. The standard InChI is InChI=1S/C6H10O6/c7-3-1-4(8)6(11,5(9)10)12-2-3/h3-4,7-8,11H,1-2H2,(H,9,10). The fourth-order valence-corrected chi connectivity index (χ4v) is 1.01. The van der Waals surface area contributed by atoms with Gasteiger partial charge in [0, 0.05) is 6.42 Å². The molecule has 6 heteroatoms. The number of carboxylic acid groups (broad SMARTS) is 1. The molecule has 0 aromatic carbocycles. The molecule has 0 saturated carbocycles.